The monoisotopic (exact) mass is 439 g/mol. The topological polar surface area (TPSA) is 93.4 Å². The second kappa shape index (κ2) is 9.05. The van der Waals surface area contributed by atoms with E-state index < -0.39 is 6.04 Å². The number of hydroxylamine groups is 1. The van der Waals surface area contributed by atoms with E-state index in [4.69, 9.17) is 9.36 Å². The van der Waals surface area contributed by atoms with Gasteiger partial charge in [-0.2, -0.15) is 4.98 Å². The molecule has 1 N–H and O–H groups in total. The Morgan fingerprint density at radius 2 is 1.79 bits per heavy atom. The lowest BCUT2D eigenvalue weighted by Crippen LogP contribution is -2.28. The molecule has 0 fully saturated rings. The Labute approximate surface area is 190 Å². The van der Waals surface area contributed by atoms with E-state index in [-0.39, 0.29) is 5.91 Å². The molecule has 0 spiro atoms. The Kier molecular flexibility index (Phi) is 5.65. The maximum Gasteiger partial charge on any atom is 0.259 e. The molecule has 0 saturated heterocycles. The summed E-state index contributed by atoms with van der Waals surface area (Å²) in [5.74, 6) is 0.596. The van der Waals surface area contributed by atoms with Gasteiger partial charge in [0.05, 0.1) is 18.4 Å². The standard InChI is InChI=1S/C25H21N5O3/c1-32-28-21-14-22(23-27-24(33-29-23)20-8-5-13-26-15-20)30(16-21)25(31)19-11-9-18(10-12-19)17-6-3-2-4-7-17/h2-13,15-16,22,28H,14H2,1H3. The largest absolute Gasteiger partial charge is 0.334 e. The number of aromatic nitrogens is 3. The molecule has 0 radical (unpaired) electrons. The maximum absolute atomic E-state index is 13.4. The maximum atomic E-state index is 13.4. The first-order valence-corrected chi connectivity index (χ1v) is 10.4. The fraction of sp³-hybridized carbons (Fsp3) is 0.120. The summed E-state index contributed by atoms with van der Waals surface area (Å²) in [4.78, 5) is 28.7. The smallest absolute Gasteiger partial charge is 0.259 e. The van der Waals surface area contributed by atoms with Crippen molar-refractivity contribution in [1.29, 1.82) is 0 Å². The molecule has 164 valence electrons. The van der Waals surface area contributed by atoms with E-state index in [9.17, 15) is 4.79 Å². The lowest BCUT2D eigenvalue weighted by molar-refractivity contribution is 0.0777. The van der Waals surface area contributed by atoms with Gasteiger partial charge in [-0.05, 0) is 35.4 Å². The molecule has 1 amide bonds. The number of rotatable bonds is 6. The van der Waals surface area contributed by atoms with Gasteiger partial charge >= 0.3 is 0 Å². The van der Waals surface area contributed by atoms with Gasteiger partial charge in [0.15, 0.2) is 5.82 Å². The van der Waals surface area contributed by atoms with Crippen LogP contribution in [0.2, 0.25) is 0 Å². The third-order valence-corrected chi connectivity index (χ3v) is 5.40. The van der Waals surface area contributed by atoms with Crippen LogP contribution in [-0.4, -0.2) is 33.0 Å². The number of amides is 1. The zero-order chi connectivity index (χ0) is 22.6. The fourth-order valence-corrected chi connectivity index (χ4v) is 3.79. The third-order valence-electron chi connectivity index (χ3n) is 5.40. The molecule has 0 aliphatic carbocycles. The molecule has 0 bridgehead atoms. The molecule has 0 saturated carbocycles. The van der Waals surface area contributed by atoms with Crippen LogP contribution in [0.1, 0.15) is 28.6 Å². The number of hydrogen-bond acceptors (Lipinski definition) is 7. The van der Waals surface area contributed by atoms with Gasteiger partial charge in [-0.25, -0.2) is 0 Å². The van der Waals surface area contributed by atoms with Gasteiger partial charge in [0.1, 0.15) is 6.04 Å². The normalized spacial score (nSPS) is 15.4. The van der Waals surface area contributed by atoms with Gasteiger partial charge in [-0.3, -0.25) is 20.1 Å². The van der Waals surface area contributed by atoms with Crippen LogP contribution in [-0.2, 0) is 4.84 Å². The summed E-state index contributed by atoms with van der Waals surface area (Å²) in [5, 5.41) is 4.14. The van der Waals surface area contributed by atoms with Crippen molar-refractivity contribution in [1.82, 2.24) is 25.5 Å². The summed E-state index contributed by atoms with van der Waals surface area (Å²) >= 11 is 0. The highest BCUT2D eigenvalue weighted by molar-refractivity contribution is 5.96. The van der Waals surface area contributed by atoms with E-state index in [0.717, 1.165) is 16.8 Å². The van der Waals surface area contributed by atoms with Gasteiger partial charge in [0.25, 0.3) is 11.8 Å². The predicted molar refractivity (Wildman–Crippen MR) is 121 cm³/mol. The summed E-state index contributed by atoms with van der Waals surface area (Å²) in [5.41, 5.74) is 6.97. The quantitative estimate of drug-likeness (QED) is 0.446. The number of carbonyl (C=O) groups excluding carboxylic acids is 1. The lowest BCUT2D eigenvalue weighted by atomic mass is 10.0. The van der Waals surface area contributed by atoms with E-state index in [2.05, 4.69) is 20.6 Å². The van der Waals surface area contributed by atoms with Crippen molar-refractivity contribution in [2.75, 3.05) is 7.11 Å². The average molecular weight is 439 g/mol. The summed E-state index contributed by atoms with van der Waals surface area (Å²) in [6.45, 7) is 0. The minimum atomic E-state index is -0.432. The molecule has 5 rings (SSSR count). The Morgan fingerprint density at radius 1 is 1.03 bits per heavy atom. The van der Waals surface area contributed by atoms with Crippen molar-refractivity contribution in [3.05, 3.63) is 102 Å². The Hall–Kier alpha value is -4.30. The molecule has 1 aliphatic heterocycles. The molecule has 1 aliphatic rings. The highest BCUT2D eigenvalue weighted by atomic mass is 16.6. The van der Waals surface area contributed by atoms with Crippen LogP contribution in [0.4, 0.5) is 0 Å². The summed E-state index contributed by atoms with van der Waals surface area (Å²) in [6, 6.07) is 20.8. The molecular formula is C25H21N5O3. The molecule has 3 heterocycles. The lowest BCUT2D eigenvalue weighted by Gasteiger charge is -2.21. The van der Waals surface area contributed by atoms with Crippen LogP contribution in [0.5, 0.6) is 0 Å². The molecule has 8 heteroatoms. The number of hydrogen-bond donors (Lipinski definition) is 1. The van der Waals surface area contributed by atoms with Crippen LogP contribution < -0.4 is 5.48 Å². The van der Waals surface area contributed by atoms with E-state index in [0.29, 0.717) is 29.3 Å². The second-order valence-corrected chi connectivity index (χ2v) is 7.54. The molecule has 1 unspecified atom stereocenters. The van der Waals surface area contributed by atoms with Gasteiger partial charge in [-0.15, -0.1) is 0 Å². The summed E-state index contributed by atoms with van der Waals surface area (Å²) < 4.78 is 5.44. The number of nitrogens with one attached hydrogen (secondary N) is 1. The first-order valence-electron chi connectivity index (χ1n) is 10.4. The van der Waals surface area contributed by atoms with Crippen molar-refractivity contribution in [3.8, 4) is 22.6 Å². The van der Waals surface area contributed by atoms with E-state index in [1.165, 1.54) is 7.11 Å². The van der Waals surface area contributed by atoms with E-state index >= 15 is 0 Å². The number of pyridine rings is 1. The minimum absolute atomic E-state index is 0.166. The van der Waals surface area contributed by atoms with Crippen molar-refractivity contribution in [3.63, 3.8) is 0 Å². The predicted octanol–water partition coefficient (Wildman–Crippen LogP) is 4.38. The first kappa shape index (κ1) is 20.6. The molecule has 33 heavy (non-hydrogen) atoms. The Balaban J connectivity index is 1.42. The molecule has 8 nitrogen and oxygen atoms in total. The first-order chi connectivity index (χ1) is 16.2. The molecule has 2 aromatic heterocycles. The molecule has 4 aromatic rings. The van der Waals surface area contributed by atoms with Gasteiger partial charge in [-0.1, -0.05) is 47.6 Å². The van der Waals surface area contributed by atoms with Crippen molar-refractivity contribution in [2.24, 2.45) is 0 Å². The SMILES string of the molecule is CONC1=CN(C(=O)c2ccc(-c3ccccc3)cc2)C(c2noc(-c3cccnc3)n2)C1. The number of benzene rings is 2. The van der Waals surface area contributed by atoms with Crippen LogP contribution in [0, 0.1) is 0 Å². The van der Waals surface area contributed by atoms with Gasteiger partial charge in [0.2, 0.25) is 0 Å². The van der Waals surface area contributed by atoms with Crippen molar-refractivity contribution >= 4 is 5.91 Å². The number of nitrogens with zero attached hydrogens (tertiary/aromatic N) is 4. The zero-order valence-corrected chi connectivity index (χ0v) is 17.9. The molecule has 2 aromatic carbocycles. The van der Waals surface area contributed by atoms with E-state index in [1.807, 2.05) is 60.7 Å². The highest BCUT2D eigenvalue weighted by Gasteiger charge is 2.35. The highest BCUT2D eigenvalue weighted by Crippen LogP contribution is 2.34. The van der Waals surface area contributed by atoms with Crippen LogP contribution >= 0.6 is 0 Å². The summed E-state index contributed by atoms with van der Waals surface area (Å²) in [6.07, 6.45) is 5.52. The molecule has 1 atom stereocenters. The number of carbonyl (C=O) groups is 1. The fourth-order valence-electron chi connectivity index (χ4n) is 3.79. The second-order valence-electron chi connectivity index (χ2n) is 7.54. The van der Waals surface area contributed by atoms with Crippen molar-refractivity contribution in [2.45, 2.75) is 12.5 Å². The van der Waals surface area contributed by atoms with Crippen LogP contribution in [0.15, 0.2) is 95.5 Å². The minimum Gasteiger partial charge on any atom is -0.334 e. The van der Waals surface area contributed by atoms with Crippen LogP contribution in [0.3, 0.4) is 0 Å². The Morgan fingerprint density at radius 3 is 2.52 bits per heavy atom. The third kappa shape index (κ3) is 4.24. The average Bonchev–Trinajstić information content (AvgIpc) is 3.53. The molecular weight excluding hydrogens is 418 g/mol. The van der Waals surface area contributed by atoms with Gasteiger partial charge in [0, 0.05) is 30.6 Å². The Bertz CT molecular complexity index is 1270. The zero-order valence-electron chi connectivity index (χ0n) is 17.9. The van der Waals surface area contributed by atoms with Crippen LogP contribution in [0.25, 0.3) is 22.6 Å². The van der Waals surface area contributed by atoms with Crippen molar-refractivity contribution < 1.29 is 14.2 Å². The van der Waals surface area contributed by atoms with E-state index in [1.54, 1.807) is 29.6 Å². The van der Waals surface area contributed by atoms with Gasteiger partial charge < -0.3 is 9.42 Å². The summed E-state index contributed by atoms with van der Waals surface area (Å²) in [7, 11) is 1.53.